The standard InChI is InChI=1S/C57H98O6/c1-4-7-10-13-16-19-22-25-28-30-32-35-38-41-44-47-50-56(59)62-53-54(52-61-55(58)49-46-43-40-37-34-31-27-24-21-18-15-12-9-6-3)63-57(60)51-48-45-42-39-36-33-29-26-23-20-17-14-11-8-5-2/h8,11,17,20,24,26-30,36,39,54H,4-7,9-10,12-16,18-19,21-23,25,31-35,37-38,40-53H2,1-3H3/b11-8-,20-17-,27-24-,29-26-,30-28-,39-36-. The van der Waals surface area contributed by atoms with Gasteiger partial charge in [0.25, 0.3) is 0 Å². The van der Waals surface area contributed by atoms with E-state index < -0.39 is 6.10 Å². The highest BCUT2D eigenvalue weighted by Crippen LogP contribution is 2.14. The number of hydrogen-bond donors (Lipinski definition) is 0. The monoisotopic (exact) mass is 879 g/mol. The highest BCUT2D eigenvalue weighted by molar-refractivity contribution is 5.71. The minimum absolute atomic E-state index is 0.0989. The van der Waals surface area contributed by atoms with Crippen molar-refractivity contribution in [1.29, 1.82) is 0 Å². The molecule has 0 aliphatic carbocycles. The maximum Gasteiger partial charge on any atom is 0.306 e. The maximum atomic E-state index is 12.8. The normalized spacial score (nSPS) is 12.6. The van der Waals surface area contributed by atoms with E-state index in [0.29, 0.717) is 19.3 Å². The number of unbranched alkanes of at least 4 members (excludes halogenated alkanes) is 24. The summed E-state index contributed by atoms with van der Waals surface area (Å²) in [6.07, 6.45) is 64.6. The number of hydrogen-bond acceptors (Lipinski definition) is 6. The van der Waals surface area contributed by atoms with E-state index in [0.717, 1.165) is 89.9 Å². The van der Waals surface area contributed by atoms with Gasteiger partial charge in [-0.15, -0.1) is 0 Å². The Morgan fingerprint density at radius 2 is 0.619 bits per heavy atom. The van der Waals surface area contributed by atoms with Gasteiger partial charge in [-0.2, -0.15) is 0 Å². The minimum Gasteiger partial charge on any atom is -0.462 e. The van der Waals surface area contributed by atoms with Gasteiger partial charge in [0.2, 0.25) is 0 Å². The first-order valence-corrected chi connectivity index (χ1v) is 26.4. The molecule has 0 saturated carbocycles. The Labute approximate surface area is 389 Å². The predicted octanol–water partition coefficient (Wildman–Crippen LogP) is 17.4. The van der Waals surface area contributed by atoms with Crippen LogP contribution in [0, 0.1) is 0 Å². The van der Waals surface area contributed by atoms with Gasteiger partial charge in [0, 0.05) is 19.3 Å². The molecule has 0 aromatic heterocycles. The van der Waals surface area contributed by atoms with Crippen LogP contribution >= 0.6 is 0 Å². The second kappa shape index (κ2) is 51.5. The van der Waals surface area contributed by atoms with Gasteiger partial charge in [0.05, 0.1) is 0 Å². The molecule has 0 rings (SSSR count). The van der Waals surface area contributed by atoms with E-state index in [9.17, 15) is 14.4 Å². The van der Waals surface area contributed by atoms with Crippen LogP contribution in [0.2, 0.25) is 0 Å². The topological polar surface area (TPSA) is 78.9 Å². The third-order valence-electron chi connectivity index (χ3n) is 11.2. The van der Waals surface area contributed by atoms with Crippen molar-refractivity contribution in [1.82, 2.24) is 0 Å². The Morgan fingerprint density at radius 1 is 0.333 bits per heavy atom. The molecular formula is C57H98O6. The van der Waals surface area contributed by atoms with Crippen LogP contribution in [0.15, 0.2) is 72.9 Å². The molecule has 0 radical (unpaired) electrons. The first kappa shape index (κ1) is 59.9. The largest absolute Gasteiger partial charge is 0.462 e. The summed E-state index contributed by atoms with van der Waals surface area (Å²) in [5, 5.41) is 0. The highest BCUT2D eigenvalue weighted by atomic mass is 16.6. The number of carbonyl (C=O) groups is 3. The van der Waals surface area contributed by atoms with Crippen LogP contribution in [-0.4, -0.2) is 37.2 Å². The molecule has 0 heterocycles. The van der Waals surface area contributed by atoms with Gasteiger partial charge in [-0.05, 0) is 109 Å². The van der Waals surface area contributed by atoms with Gasteiger partial charge in [0.1, 0.15) is 13.2 Å². The number of esters is 3. The molecule has 63 heavy (non-hydrogen) atoms. The Kier molecular flexibility index (Phi) is 48.9. The molecule has 0 aromatic rings. The molecule has 0 aliphatic heterocycles. The van der Waals surface area contributed by atoms with Crippen LogP contribution in [0.25, 0.3) is 0 Å². The van der Waals surface area contributed by atoms with Crippen molar-refractivity contribution < 1.29 is 28.6 Å². The van der Waals surface area contributed by atoms with Crippen molar-refractivity contribution in [3.05, 3.63) is 72.9 Å². The molecule has 1 atom stereocenters. The fraction of sp³-hybridized carbons (Fsp3) is 0.737. The summed E-state index contributed by atoms with van der Waals surface area (Å²) in [6.45, 7) is 6.47. The Bertz CT molecular complexity index is 1190. The number of rotatable bonds is 47. The van der Waals surface area contributed by atoms with Crippen LogP contribution in [0.4, 0.5) is 0 Å². The van der Waals surface area contributed by atoms with Gasteiger partial charge in [0.15, 0.2) is 6.10 Å². The van der Waals surface area contributed by atoms with Crippen molar-refractivity contribution in [2.75, 3.05) is 13.2 Å². The predicted molar refractivity (Wildman–Crippen MR) is 270 cm³/mol. The van der Waals surface area contributed by atoms with E-state index >= 15 is 0 Å². The summed E-state index contributed by atoms with van der Waals surface area (Å²) in [5.74, 6) is -0.955. The molecule has 0 bridgehead atoms. The van der Waals surface area contributed by atoms with Crippen LogP contribution in [0.3, 0.4) is 0 Å². The summed E-state index contributed by atoms with van der Waals surface area (Å²) < 4.78 is 16.8. The van der Waals surface area contributed by atoms with E-state index in [1.165, 1.54) is 116 Å². The van der Waals surface area contributed by atoms with E-state index in [2.05, 4.69) is 93.7 Å². The Morgan fingerprint density at radius 3 is 1.02 bits per heavy atom. The Balaban J connectivity index is 4.47. The first-order chi connectivity index (χ1) is 31.0. The quantitative estimate of drug-likeness (QED) is 0.0262. The zero-order valence-electron chi connectivity index (χ0n) is 41.3. The summed E-state index contributed by atoms with van der Waals surface area (Å²) in [4.78, 5) is 38.0. The lowest BCUT2D eigenvalue weighted by Gasteiger charge is -2.18. The maximum absolute atomic E-state index is 12.8. The van der Waals surface area contributed by atoms with Crippen LogP contribution in [-0.2, 0) is 28.6 Å². The number of allylic oxidation sites excluding steroid dienone is 12. The molecule has 1 unspecified atom stereocenters. The van der Waals surface area contributed by atoms with Crippen molar-refractivity contribution in [3.63, 3.8) is 0 Å². The van der Waals surface area contributed by atoms with E-state index in [-0.39, 0.29) is 37.5 Å². The fourth-order valence-electron chi connectivity index (χ4n) is 7.19. The van der Waals surface area contributed by atoms with Gasteiger partial charge in [-0.25, -0.2) is 0 Å². The van der Waals surface area contributed by atoms with E-state index in [1.807, 2.05) is 0 Å². The van der Waals surface area contributed by atoms with Crippen molar-refractivity contribution in [3.8, 4) is 0 Å². The Hall–Kier alpha value is -3.15. The molecule has 0 fully saturated rings. The average Bonchev–Trinajstić information content (AvgIpc) is 3.28. The van der Waals surface area contributed by atoms with Crippen LogP contribution < -0.4 is 0 Å². The van der Waals surface area contributed by atoms with Gasteiger partial charge < -0.3 is 14.2 Å². The molecule has 0 N–H and O–H groups in total. The minimum atomic E-state index is -0.803. The molecule has 0 aromatic carbocycles. The third-order valence-corrected chi connectivity index (χ3v) is 11.2. The fourth-order valence-corrected chi connectivity index (χ4v) is 7.19. The molecule has 6 nitrogen and oxygen atoms in total. The molecule has 0 amide bonds. The summed E-state index contributed by atoms with van der Waals surface area (Å²) in [7, 11) is 0. The molecular weight excluding hydrogens is 781 g/mol. The van der Waals surface area contributed by atoms with Crippen molar-refractivity contribution in [2.45, 2.75) is 258 Å². The summed E-state index contributed by atoms with van der Waals surface area (Å²) >= 11 is 0. The van der Waals surface area contributed by atoms with Crippen molar-refractivity contribution in [2.24, 2.45) is 0 Å². The molecule has 0 saturated heterocycles. The summed E-state index contributed by atoms with van der Waals surface area (Å²) in [5.41, 5.74) is 0. The smallest absolute Gasteiger partial charge is 0.306 e. The molecule has 0 aliphatic rings. The van der Waals surface area contributed by atoms with E-state index in [4.69, 9.17) is 14.2 Å². The van der Waals surface area contributed by atoms with Crippen molar-refractivity contribution >= 4 is 17.9 Å². The molecule has 6 heteroatoms. The van der Waals surface area contributed by atoms with Gasteiger partial charge in [-0.3, -0.25) is 14.4 Å². The SMILES string of the molecule is CC/C=C\C/C=C\C/C=C\C/C=C\CCCCC(=O)OC(COC(=O)CCCCCCC/C=C\CCCCCCC)COC(=O)CCCCCCC/C=C\CCCCCCCCC. The second-order valence-corrected chi connectivity index (χ2v) is 17.4. The third kappa shape index (κ3) is 49.7. The van der Waals surface area contributed by atoms with Crippen LogP contribution in [0.1, 0.15) is 252 Å². The summed E-state index contributed by atoms with van der Waals surface area (Å²) in [6, 6.07) is 0. The lowest BCUT2D eigenvalue weighted by molar-refractivity contribution is -0.167. The van der Waals surface area contributed by atoms with Gasteiger partial charge >= 0.3 is 17.9 Å². The second-order valence-electron chi connectivity index (χ2n) is 17.4. The number of carbonyl (C=O) groups excluding carboxylic acids is 3. The lowest BCUT2D eigenvalue weighted by atomic mass is 10.1. The average molecular weight is 879 g/mol. The van der Waals surface area contributed by atoms with Gasteiger partial charge in [-0.1, -0.05) is 196 Å². The number of ether oxygens (including phenoxy) is 3. The van der Waals surface area contributed by atoms with E-state index in [1.54, 1.807) is 0 Å². The first-order valence-electron chi connectivity index (χ1n) is 26.4. The molecule has 0 spiro atoms. The highest BCUT2D eigenvalue weighted by Gasteiger charge is 2.19. The zero-order chi connectivity index (χ0) is 45.8. The zero-order valence-corrected chi connectivity index (χ0v) is 41.3. The molecule has 362 valence electrons. The lowest BCUT2D eigenvalue weighted by Crippen LogP contribution is -2.30. The van der Waals surface area contributed by atoms with Crippen LogP contribution in [0.5, 0.6) is 0 Å².